The van der Waals surface area contributed by atoms with E-state index in [1.54, 1.807) is 13.2 Å². The van der Waals surface area contributed by atoms with Crippen molar-refractivity contribution in [3.8, 4) is 5.75 Å². The van der Waals surface area contributed by atoms with Crippen LogP contribution in [0.2, 0.25) is 0 Å². The lowest BCUT2D eigenvalue weighted by atomic mass is 10.00. The first-order valence-electron chi connectivity index (χ1n) is 5.03. The van der Waals surface area contributed by atoms with Crippen LogP contribution in [0.3, 0.4) is 0 Å². The van der Waals surface area contributed by atoms with E-state index in [0.717, 1.165) is 15.8 Å². The van der Waals surface area contributed by atoms with Crippen LogP contribution < -0.4 is 4.74 Å². The highest BCUT2D eigenvalue weighted by molar-refractivity contribution is 9.10. The van der Waals surface area contributed by atoms with E-state index < -0.39 is 9.05 Å². The van der Waals surface area contributed by atoms with Crippen LogP contribution in [-0.4, -0.2) is 15.5 Å². The second-order valence-corrected chi connectivity index (χ2v) is 7.67. The zero-order chi connectivity index (χ0) is 13.2. The first-order chi connectivity index (χ1) is 7.74. The molecule has 0 bridgehead atoms. The van der Waals surface area contributed by atoms with Crippen molar-refractivity contribution in [1.82, 2.24) is 0 Å². The molecule has 0 aromatic heterocycles. The summed E-state index contributed by atoms with van der Waals surface area (Å²) < 4.78 is 28.2. The minimum Gasteiger partial charge on any atom is -0.495 e. The first-order valence-corrected chi connectivity index (χ1v) is 8.30. The Morgan fingerprint density at radius 1 is 1.41 bits per heavy atom. The largest absolute Gasteiger partial charge is 0.495 e. The molecular formula is C11H14BrClO3S. The van der Waals surface area contributed by atoms with Gasteiger partial charge in [0.05, 0.1) is 17.3 Å². The zero-order valence-electron chi connectivity index (χ0n) is 9.83. The van der Waals surface area contributed by atoms with Crippen LogP contribution in [-0.2, 0) is 14.8 Å². The Hall–Kier alpha value is -0.260. The van der Waals surface area contributed by atoms with Crippen LogP contribution in [0.5, 0.6) is 5.75 Å². The SMILES string of the molecule is COc1c(Br)cc(CS(=O)(=O)Cl)cc1C(C)C. The summed E-state index contributed by atoms with van der Waals surface area (Å²) in [6.07, 6.45) is 0. The quantitative estimate of drug-likeness (QED) is 0.785. The molecule has 1 rings (SSSR count). The predicted molar refractivity (Wildman–Crippen MR) is 73.3 cm³/mol. The highest BCUT2D eigenvalue weighted by atomic mass is 79.9. The summed E-state index contributed by atoms with van der Waals surface area (Å²) in [5.41, 5.74) is 1.61. The Balaban J connectivity index is 3.29. The molecule has 0 unspecified atom stereocenters. The van der Waals surface area contributed by atoms with Crippen LogP contribution >= 0.6 is 26.6 Å². The standard InChI is InChI=1S/C11H14BrClO3S/c1-7(2)9-4-8(6-17(13,14)15)5-10(12)11(9)16-3/h4-5,7H,6H2,1-3H3. The topological polar surface area (TPSA) is 43.4 Å². The fourth-order valence-electron chi connectivity index (χ4n) is 1.60. The van der Waals surface area contributed by atoms with Gasteiger partial charge in [-0.3, -0.25) is 0 Å². The molecule has 0 aliphatic carbocycles. The molecule has 0 amide bonds. The lowest BCUT2D eigenvalue weighted by Gasteiger charge is -2.15. The van der Waals surface area contributed by atoms with E-state index in [2.05, 4.69) is 15.9 Å². The van der Waals surface area contributed by atoms with Gasteiger partial charge >= 0.3 is 0 Å². The van der Waals surface area contributed by atoms with Crippen LogP contribution in [0.1, 0.15) is 30.9 Å². The van der Waals surface area contributed by atoms with Gasteiger partial charge in [0.1, 0.15) is 5.75 Å². The molecule has 0 atom stereocenters. The van der Waals surface area contributed by atoms with E-state index in [9.17, 15) is 8.42 Å². The molecular weight excluding hydrogens is 328 g/mol. The van der Waals surface area contributed by atoms with E-state index >= 15 is 0 Å². The zero-order valence-corrected chi connectivity index (χ0v) is 13.0. The van der Waals surface area contributed by atoms with Crippen molar-refractivity contribution in [2.45, 2.75) is 25.5 Å². The molecule has 1 aromatic rings. The second-order valence-electron chi connectivity index (χ2n) is 4.04. The van der Waals surface area contributed by atoms with Gasteiger partial charge in [0, 0.05) is 10.7 Å². The monoisotopic (exact) mass is 340 g/mol. The van der Waals surface area contributed by atoms with E-state index in [1.165, 1.54) is 0 Å². The molecule has 17 heavy (non-hydrogen) atoms. The molecule has 1 aromatic carbocycles. The minimum absolute atomic E-state index is 0.184. The van der Waals surface area contributed by atoms with Gasteiger partial charge < -0.3 is 4.74 Å². The van der Waals surface area contributed by atoms with Crippen LogP contribution in [0, 0.1) is 0 Å². The van der Waals surface area contributed by atoms with Gasteiger partial charge in [0.2, 0.25) is 9.05 Å². The number of hydrogen-bond acceptors (Lipinski definition) is 3. The van der Waals surface area contributed by atoms with Crippen molar-refractivity contribution in [3.05, 3.63) is 27.7 Å². The summed E-state index contributed by atoms with van der Waals surface area (Å²) >= 11 is 3.37. The summed E-state index contributed by atoms with van der Waals surface area (Å²) in [5.74, 6) is 0.784. The minimum atomic E-state index is -3.55. The maximum atomic E-state index is 11.1. The molecule has 0 fully saturated rings. The number of hydrogen-bond donors (Lipinski definition) is 0. The summed E-state index contributed by atoms with van der Waals surface area (Å²) in [7, 11) is 3.29. The summed E-state index contributed by atoms with van der Waals surface area (Å²) in [6, 6.07) is 3.53. The van der Waals surface area contributed by atoms with E-state index in [0.29, 0.717) is 5.56 Å². The van der Waals surface area contributed by atoms with Crippen LogP contribution in [0.15, 0.2) is 16.6 Å². The normalized spacial score (nSPS) is 11.9. The number of ether oxygens (including phenoxy) is 1. The summed E-state index contributed by atoms with van der Waals surface area (Å²) in [4.78, 5) is 0. The fraction of sp³-hybridized carbons (Fsp3) is 0.455. The lowest BCUT2D eigenvalue weighted by Crippen LogP contribution is -2.00. The van der Waals surface area contributed by atoms with Gasteiger partial charge in [-0.1, -0.05) is 19.9 Å². The van der Waals surface area contributed by atoms with Crippen molar-refractivity contribution >= 4 is 35.7 Å². The molecule has 0 spiro atoms. The van der Waals surface area contributed by atoms with Crippen molar-refractivity contribution < 1.29 is 13.2 Å². The Kier molecular flexibility index (Phi) is 4.86. The third-order valence-corrected chi connectivity index (χ3v) is 3.89. The average molecular weight is 342 g/mol. The van der Waals surface area contributed by atoms with Gasteiger partial charge in [-0.05, 0) is 39.0 Å². The Labute approximate surface area is 115 Å². The fourth-order valence-corrected chi connectivity index (χ4v) is 3.23. The van der Waals surface area contributed by atoms with Gasteiger partial charge in [0.25, 0.3) is 0 Å². The highest BCUT2D eigenvalue weighted by Gasteiger charge is 2.15. The molecule has 0 heterocycles. The van der Waals surface area contributed by atoms with Crippen molar-refractivity contribution in [1.29, 1.82) is 0 Å². The van der Waals surface area contributed by atoms with Crippen molar-refractivity contribution in [2.24, 2.45) is 0 Å². The molecule has 0 N–H and O–H groups in total. The van der Waals surface area contributed by atoms with E-state index in [1.807, 2.05) is 19.9 Å². The maximum absolute atomic E-state index is 11.1. The van der Waals surface area contributed by atoms with E-state index in [-0.39, 0.29) is 11.7 Å². The molecule has 6 heteroatoms. The molecule has 0 aliphatic heterocycles. The summed E-state index contributed by atoms with van der Waals surface area (Å²) in [5, 5.41) is 0. The van der Waals surface area contributed by atoms with Crippen LogP contribution in [0.4, 0.5) is 0 Å². The lowest BCUT2D eigenvalue weighted by molar-refractivity contribution is 0.404. The van der Waals surface area contributed by atoms with Gasteiger partial charge in [-0.25, -0.2) is 8.42 Å². The predicted octanol–water partition coefficient (Wildman–Crippen LogP) is 3.65. The molecule has 3 nitrogen and oxygen atoms in total. The average Bonchev–Trinajstić information content (AvgIpc) is 2.13. The molecule has 0 radical (unpaired) electrons. The van der Waals surface area contributed by atoms with Crippen molar-refractivity contribution in [3.63, 3.8) is 0 Å². The molecule has 0 saturated heterocycles. The van der Waals surface area contributed by atoms with Crippen molar-refractivity contribution in [2.75, 3.05) is 7.11 Å². The Morgan fingerprint density at radius 3 is 2.41 bits per heavy atom. The van der Waals surface area contributed by atoms with E-state index in [4.69, 9.17) is 15.4 Å². The number of halogens is 2. The van der Waals surface area contributed by atoms with Crippen LogP contribution in [0.25, 0.3) is 0 Å². The smallest absolute Gasteiger partial charge is 0.236 e. The third kappa shape index (κ3) is 4.16. The van der Waals surface area contributed by atoms with Gasteiger partial charge in [-0.2, -0.15) is 0 Å². The maximum Gasteiger partial charge on any atom is 0.236 e. The van der Waals surface area contributed by atoms with Gasteiger partial charge in [-0.15, -0.1) is 0 Å². The number of rotatable bonds is 4. The summed E-state index contributed by atoms with van der Waals surface area (Å²) in [6.45, 7) is 4.03. The Morgan fingerprint density at radius 2 is 2.00 bits per heavy atom. The third-order valence-electron chi connectivity index (χ3n) is 2.30. The van der Waals surface area contributed by atoms with Gasteiger partial charge in [0.15, 0.2) is 0 Å². The molecule has 0 saturated carbocycles. The number of methoxy groups -OCH3 is 1. The molecule has 96 valence electrons. The number of benzene rings is 1. The second kappa shape index (κ2) is 5.59. The molecule has 0 aliphatic rings. The first kappa shape index (κ1) is 14.8. The Bertz CT molecular complexity index is 512. The highest BCUT2D eigenvalue weighted by Crippen LogP contribution is 2.35.